The molecule has 0 bridgehead atoms. The highest BCUT2D eigenvalue weighted by atomic mass is 19.1. The molecule has 0 spiro atoms. The van der Waals surface area contributed by atoms with Crippen LogP contribution in [0.2, 0.25) is 0 Å². The largest absolute Gasteiger partial charge is 0.472 e. The van der Waals surface area contributed by atoms with Crippen LogP contribution in [0, 0.1) is 12.7 Å². The Labute approximate surface area is 87.7 Å². The Hall–Kier alpha value is -1.77. The molecule has 0 saturated carbocycles. The summed E-state index contributed by atoms with van der Waals surface area (Å²) in [6.45, 7) is 2.44. The van der Waals surface area contributed by atoms with Crippen LogP contribution in [0.3, 0.4) is 0 Å². The van der Waals surface area contributed by atoms with Gasteiger partial charge >= 0.3 is 0 Å². The van der Waals surface area contributed by atoms with E-state index in [-0.39, 0.29) is 5.82 Å². The molecule has 0 aliphatic heterocycles. The zero-order chi connectivity index (χ0) is 10.7. The molecule has 0 amide bonds. The number of benzene rings is 1. The molecule has 0 aliphatic carbocycles. The highest BCUT2D eigenvalue weighted by Crippen LogP contribution is 2.19. The topological polar surface area (TPSA) is 25.2 Å². The molecule has 0 saturated heterocycles. The number of hydrogen-bond donors (Lipinski definition) is 1. The molecule has 0 aliphatic rings. The summed E-state index contributed by atoms with van der Waals surface area (Å²) in [6, 6.07) is 6.88. The van der Waals surface area contributed by atoms with E-state index < -0.39 is 0 Å². The fourth-order valence-electron chi connectivity index (χ4n) is 1.44. The third kappa shape index (κ3) is 2.18. The second-order valence-electron chi connectivity index (χ2n) is 3.42. The van der Waals surface area contributed by atoms with Crippen LogP contribution >= 0.6 is 0 Å². The number of anilines is 1. The molecule has 0 fully saturated rings. The van der Waals surface area contributed by atoms with Crippen molar-refractivity contribution < 1.29 is 8.81 Å². The van der Waals surface area contributed by atoms with Crippen LogP contribution in [0.25, 0.3) is 0 Å². The van der Waals surface area contributed by atoms with Gasteiger partial charge in [0.05, 0.1) is 18.2 Å². The quantitative estimate of drug-likeness (QED) is 0.831. The molecule has 2 nitrogen and oxygen atoms in total. The molecule has 1 aromatic heterocycles. The van der Waals surface area contributed by atoms with Gasteiger partial charge in [0, 0.05) is 12.1 Å². The fourth-order valence-corrected chi connectivity index (χ4v) is 1.44. The van der Waals surface area contributed by atoms with E-state index in [9.17, 15) is 4.39 Å². The molecule has 1 aromatic carbocycles. The third-order valence-corrected chi connectivity index (χ3v) is 2.27. The van der Waals surface area contributed by atoms with Gasteiger partial charge in [-0.1, -0.05) is 12.1 Å². The van der Waals surface area contributed by atoms with Crippen LogP contribution in [0.5, 0.6) is 0 Å². The Bertz CT molecular complexity index is 417. The lowest BCUT2D eigenvalue weighted by molar-refractivity contribution is 0.564. The number of para-hydroxylation sites is 1. The lowest BCUT2D eigenvalue weighted by atomic mass is 10.2. The SMILES string of the molecule is Cc1cccc(F)c1NCc1ccoc1. The van der Waals surface area contributed by atoms with Crippen LogP contribution in [0.4, 0.5) is 10.1 Å². The fraction of sp³-hybridized carbons (Fsp3) is 0.167. The van der Waals surface area contributed by atoms with E-state index in [4.69, 9.17) is 4.42 Å². The number of nitrogens with one attached hydrogen (secondary N) is 1. The summed E-state index contributed by atoms with van der Waals surface area (Å²) < 4.78 is 18.3. The first-order valence-corrected chi connectivity index (χ1v) is 4.77. The summed E-state index contributed by atoms with van der Waals surface area (Å²) in [4.78, 5) is 0. The van der Waals surface area contributed by atoms with E-state index in [1.807, 2.05) is 19.1 Å². The van der Waals surface area contributed by atoms with Gasteiger partial charge in [0.25, 0.3) is 0 Å². The number of rotatable bonds is 3. The van der Waals surface area contributed by atoms with Crippen molar-refractivity contribution in [2.24, 2.45) is 0 Å². The second kappa shape index (κ2) is 4.17. The van der Waals surface area contributed by atoms with Gasteiger partial charge < -0.3 is 9.73 Å². The Morgan fingerprint density at radius 3 is 2.87 bits per heavy atom. The van der Waals surface area contributed by atoms with E-state index in [1.54, 1.807) is 18.6 Å². The van der Waals surface area contributed by atoms with Crippen molar-refractivity contribution in [3.05, 3.63) is 53.7 Å². The normalized spacial score (nSPS) is 10.3. The first-order valence-electron chi connectivity index (χ1n) is 4.77. The summed E-state index contributed by atoms with van der Waals surface area (Å²) in [5.74, 6) is -0.224. The third-order valence-electron chi connectivity index (χ3n) is 2.27. The maximum atomic E-state index is 13.4. The van der Waals surface area contributed by atoms with Crippen LogP contribution in [-0.2, 0) is 6.54 Å². The molecule has 0 radical (unpaired) electrons. The molecular formula is C12H12FNO. The molecule has 1 heterocycles. The van der Waals surface area contributed by atoms with Crippen molar-refractivity contribution in [2.75, 3.05) is 5.32 Å². The summed E-state index contributed by atoms with van der Waals surface area (Å²) in [7, 11) is 0. The van der Waals surface area contributed by atoms with Crippen molar-refractivity contribution in [2.45, 2.75) is 13.5 Å². The van der Waals surface area contributed by atoms with Crippen molar-refractivity contribution in [1.29, 1.82) is 0 Å². The molecule has 2 rings (SSSR count). The summed E-state index contributed by atoms with van der Waals surface area (Å²) in [5, 5.41) is 3.05. The molecule has 2 aromatic rings. The van der Waals surface area contributed by atoms with Gasteiger partial charge in [-0.3, -0.25) is 0 Å². The van der Waals surface area contributed by atoms with Gasteiger partial charge in [-0.25, -0.2) is 4.39 Å². The van der Waals surface area contributed by atoms with Crippen molar-refractivity contribution in [3.63, 3.8) is 0 Å². The standard InChI is InChI=1S/C12H12FNO/c1-9-3-2-4-11(13)12(9)14-7-10-5-6-15-8-10/h2-6,8,14H,7H2,1H3. The Morgan fingerprint density at radius 2 is 2.20 bits per heavy atom. The Balaban J connectivity index is 2.11. The first-order chi connectivity index (χ1) is 7.27. The number of furan rings is 1. The lowest BCUT2D eigenvalue weighted by Crippen LogP contribution is -2.02. The van der Waals surface area contributed by atoms with Crippen LogP contribution in [-0.4, -0.2) is 0 Å². The number of aryl methyl sites for hydroxylation is 1. The lowest BCUT2D eigenvalue weighted by Gasteiger charge is -2.08. The van der Waals surface area contributed by atoms with Crippen LogP contribution < -0.4 is 5.32 Å². The monoisotopic (exact) mass is 205 g/mol. The van der Waals surface area contributed by atoms with E-state index in [0.29, 0.717) is 12.2 Å². The van der Waals surface area contributed by atoms with Gasteiger partial charge in [0.1, 0.15) is 5.82 Å². The van der Waals surface area contributed by atoms with Gasteiger partial charge in [-0.05, 0) is 24.6 Å². The summed E-state index contributed by atoms with van der Waals surface area (Å²) >= 11 is 0. The highest BCUT2D eigenvalue weighted by molar-refractivity contribution is 5.51. The zero-order valence-electron chi connectivity index (χ0n) is 8.46. The van der Waals surface area contributed by atoms with Crippen molar-refractivity contribution >= 4 is 5.69 Å². The van der Waals surface area contributed by atoms with Crippen molar-refractivity contribution in [1.82, 2.24) is 0 Å². The minimum absolute atomic E-state index is 0.224. The van der Waals surface area contributed by atoms with E-state index in [2.05, 4.69) is 5.32 Å². The van der Waals surface area contributed by atoms with Gasteiger partial charge in [-0.15, -0.1) is 0 Å². The predicted molar refractivity (Wildman–Crippen MR) is 57.2 cm³/mol. The average molecular weight is 205 g/mol. The summed E-state index contributed by atoms with van der Waals surface area (Å²) in [6.07, 6.45) is 3.24. The van der Waals surface area contributed by atoms with Crippen LogP contribution in [0.15, 0.2) is 41.2 Å². The Morgan fingerprint density at radius 1 is 1.33 bits per heavy atom. The maximum Gasteiger partial charge on any atom is 0.146 e. The maximum absolute atomic E-state index is 13.4. The van der Waals surface area contributed by atoms with Crippen LogP contribution in [0.1, 0.15) is 11.1 Å². The molecule has 1 N–H and O–H groups in total. The minimum atomic E-state index is -0.224. The molecule has 15 heavy (non-hydrogen) atoms. The van der Waals surface area contributed by atoms with E-state index in [1.165, 1.54) is 6.07 Å². The van der Waals surface area contributed by atoms with Gasteiger partial charge in [0.2, 0.25) is 0 Å². The zero-order valence-corrected chi connectivity index (χ0v) is 8.46. The molecule has 3 heteroatoms. The van der Waals surface area contributed by atoms with Crippen molar-refractivity contribution in [3.8, 4) is 0 Å². The summed E-state index contributed by atoms with van der Waals surface area (Å²) in [5.41, 5.74) is 2.45. The van der Waals surface area contributed by atoms with Gasteiger partial charge in [0.15, 0.2) is 0 Å². The molecule has 0 unspecified atom stereocenters. The predicted octanol–water partition coefficient (Wildman–Crippen LogP) is 3.34. The second-order valence-corrected chi connectivity index (χ2v) is 3.42. The van der Waals surface area contributed by atoms with Gasteiger partial charge in [-0.2, -0.15) is 0 Å². The van der Waals surface area contributed by atoms with E-state index >= 15 is 0 Å². The highest BCUT2D eigenvalue weighted by Gasteiger charge is 2.04. The average Bonchev–Trinajstić information content (AvgIpc) is 2.70. The minimum Gasteiger partial charge on any atom is -0.472 e. The molecular weight excluding hydrogens is 193 g/mol. The number of halogens is 1. The smallest absolute Gasteiger partial charge is 0.146 e. The molecule has 0 atom stereocenters. The first kappa shape index (κ1) is 9.77. The van der Waals surface area contributed by atoms with E-state index in [0.717, 1.165) is 11.1 Å². The Kier molecular flexibility index (Phi) is 2.72. The number of hydrogen-bond acceptors (Lipinski definition) is 2. The molecule has 78 valence electrons.